The first-order chi connectivity index (χ1) is 12.4. The van der Waals surface area contributed by atoms with E-state index in [1.807, 2.05) is 45.2 Å². The van der Waals surface area contributed by atoms with E-state index in [-0.39, 0.29) is 6.04 Å². The van der Waals surface area contributed by atoms with Crippen molar-refractivity contribution in [2.45, 2.75) is 49.8 Å². The van der Waals surface area contributed by atoms with Crippen LogP contribution in [-0.2, 0) is 10.5 Å². The van der Waals surface area contributed by atoms with Gasteiger partial charge in [-0.2, -0.15) is 11.8 Å². The Hall–Kier alpha value is -1.67. The number of hydrogen-bond donors (Lipinski definition) is 1. The first-order valence-corrected chi connectivity index (χ1v) is 10.7. The Morgan fingerprint density at radius 1 is 1.27 bits per heavy atom. The fraction of sp³-hybridized carbons (Fsp3) is 0.500. The topological polar surface area (TPSA) is 77.2 Å². The van der Waals surface area contributed by atoms with Crippen LogP contribution in [0.1, 0.15) is 44.7 Å². The molecule has 0 unspecified atom stereocenters. The smallest absolute Gasteiger partial charge is 0.408 e. The van der Waals surface area contributed by atoms with Crippen molar-refractivity contribution < 1.29 is 13.9 Å². The predicted octanol–water partition coefficient (Wildman–Crippen LogP) is 4.68. The summed E-state index contributed by atoms with van der Waals surface area (Å²) in [4.78, 5) is 12.1. The Kier molecular flexibility index (Phi) is 7.84. The van der Waals surface area contributed by atoms with E-state index in [2.05, 4.69) is 27.6 Å². The molecule has 0 saturated carbocycles. The summed E-state index contributed by atoms with van der Waals surface area (Å²) in [6.45, 7) is 5.48. The molecule has 26 heavy (non-hydrogen) atoms. The maximum Gasteiger partial charge on any atom is 0.408 e. The number of aromatic nitrogens is 2. The third kappa shape index (κ3) is 7.29. The summed E-state index contributed by atoms with van der Waals surface area (Å²) in [6.07, 6.45) is 2.21. The number of hydrogen-bond acceptors (Lipinski definition) is 7. The zero-order valence-corrected chi connectivity index (χ0v) is 17.2. The number of carbonyl (C=O) groups excluding carboxylic acids is 1. The van der Waals surface area contributed by atoms with E-state index < -0.39 is 11.7 Å². The minimum absolute atomic E-state index is 0.365. The number of amides is 1. The normalized spacial score (nSPS) is 12.6. The van der Waals surface area contributed by atoms with Crippen LogP contribution in [0.5, 0.6) is 0 Å². The third-order valence-corrected chi connectivity index (χ3v) is 4.76. The zero-order chi connectivity index (χ0) is 19.0. The van der Waals surface area contributed by atoms with Gasteiger partial charge in [-0.3, -0.25) is 0 Å². The van der Waals surface area contributed by atoms with Crippen molar-refractivity contribution in [2.75, 3.05) is 12.0 Å². The molecule has 0 radical (unpaired) electrons. The van der Waals surface area contributed by atoms with E-state index in [0.717, 1.165) is 11.5 Å². The molecule has 0 bridgehead atoms. The lowest BCUT2D eigenvalue weighted by Crippen LogP contribution is -2.35. The molecule has 2 rings (SSSR count). The summed E-state index contributed by atoms with van der Waals surface area (Å²) in [5.74, 6) is 2.01. The Morgan fingerprint density at radius 2 is 2.00 bits per heavy atom. The van der Waals surface area contributed by atoms with E-state index in [1.54, 1.807) is 11.8 Å². The number of nitrogens with zero attached hydrogens (tertiary/aromatic N) is 2. The Labute approximate surface area is 162 Å². The van der Waals surface area contributed by atoms with Crippen molar-refractivity contribution >= 4 is 29.6 Å². The fourth-order valence-electron chi connectivity index (χ4n) is 2.08. The number of ether oxygens (including phenoxy) is 1. The van der Waals surface area contributed by atoms with Crippen LogP contribution >= 0.6 is 23.5 Å². The van der Waals surface area contributed by atoms with Gasteiger partial charge < -0.3 is 14.5 Å². The third-order valence-electron chi connectivity index (χ3n) is 3.23. The van der Waals surface area contributed by atoms with E-state index in [4.69, 9.17) is 9.15 Å². The molecule has 1 heterocycles. The van der Waals surface area contributed by atoms with E-state index >= 15 is 0 Å². The van der Waals surface area contributed by atoms with E-state index in [0.29, 0.717) is 17.5 Å². The molecule has 1 aromatic heterocycles. The van der Waals surface area contributed by atoms with Crippen molar-refractivity contribution in [3.8, 4) is 0 Å². The van der Waals surface area contributed by atoms with Crippen LogP contribution in [-0.4, -0.2) is 33.9 Å². The summed E-state index contributed by atoms with van der Waals surface area (Å²) < 4.78 is 11.1. The van der Waals surface area contributed by atoms with Gasteiger partial charge in [-0.25, -0.2) is 4.79 Å². The van der Waals surface area contributed by atoms with Crippen LogP contribution < -0.4 is 5.32 Å². The van der Waals surface area contributed by atoms with Gasteiger partial charge in [-0.1, -0.05) is 42.1 Å². The molecule has 1 atom stereocenters. The highest BCUT2D eigenvalue weighted by atomic mass is 32.2. The van der Waals surface area contributed by atoms with Crippen molar-refractivity contribution in [3.63, 3.8) is 0 Å². The summed E-state index contributed by atoms with van der Waals surface area (Å²) in [7, 11) is 0. The SMILES string of the molecule is CSCC[C@H](NC(=O)OC(C)(C)C)c1nnc(SCc2ccccc2)o1. The van der Waals surface area contributed by atoms with E-state index in [1.165, 1.54) is 17.3 Å². The second kappa shape index (κ2) is 9.87. The van der Waals surface area contributed by atoms with Gasteiger partial charge in [-0.15, -0.1) is 10.2 Å². The van der Waals surface area contributed by atoms with Crippen molar-refractivity contribution in [2.24, 2.45) is 0 Å². The van der Waals surface area contributed by atoms with Crippen LogP contribution in [0.3, 0.4) is 0 Å². The summed E-state index contributed by atoms with van der Waals surface area (Å²) in [5, 5.41) is 11.5. The molecule has 1 aromatic carbocycles. The average Bonchev–Trinajstić information content (AvgIpc) is 3.05. The van der Waals surface area contributed by atoms with Crippen molar-refractivity contribution in [1.82, 2.24) is 15.5 Å². The maximum absolute atomic E-state index is 12.1. The standard InChI is InChI=1S/C18H25N3O3S2/c1-18(2,3)24-16(22)19-14(10-11-25-4)15-20-21-17(23-15)26-12-13-8-6-5-7-9-13/h5-9,14H,10-12H2,1-4H3,(H,19,22)/t14-/m0/s1. The lowest BCUT2D eigenvalue weighted by molar-refractivity contribution is 0.0493. The number of rotatable bonds is 8. The highest BCUT2D eigenvalue weighted by Crippen LogP contribution is 2.25. The largest absolute Gasteiger partial charge is 0.444 e. The number of nitrogens with one attached hydrogen (secondary N) is 1. The highest BCUT2D eigenvalue weighted by Gasteiger charge is 2.24. The molecule has 0 aliphatic carbocycles. The van der Waals surface area contributed by atoms with Gasteiger partial charge in [0.25, 0.3) is 5.22 Å². The molecule has 0 aliphatic heterocycles. The fourth-order valence-corrected chi connectivity index (χ4v) is 3.28. The van der Waals surface area contributed by atoms with E-state index in [9.17, 15) is 4.79 Å². The maximum atomic E-state index is 12.1. The molecule has 6 nitrogen and oxygen atoms in total. The number of carbonyl (C=O) groups is 1. The van der Waals surface area contributed by atoms with Gasteiger partial charge in [-0.05, 0) is 44.8 Å². The molecule has 1 N–H and O–H groups in total. The average molecular weight is 396 g/mol. The van der Waals surface area contributed by atoms with Crippen LogP contribution in [0, 0.1) is 0 Å². The molecule has 142 valence electrons. The lowest BCUT2D eigenvalue weighted by atomic mass is 10.2. The summed E-state index contributed by atoms with van der Waals surface area (Å²) in [5.41, 5.74) is 0.628. The Balaban J connectivity index is 1.98. The van der Waals surface area contributed by atoms with Gasteiger partial charge in [0, 0.05) is 5.75 Å². The van der Waals surface area contributed by atoms with Crippen LogP contribution in [0.25, 0.3) is 0 Å². The lowest BCUT2D eigenvalue weighted by Gasteiger charge is -2.22. The molecule has 1 amide bonds. The molecule has 8 heteroatoms. The first kappa shape index (κ1) is 20.6. The molecule has 0 aliphatic rings. The number of benzene rings is 1. The Morgan fingerprint density at radius 3 is 2.65 bits per heavy atom. The number of alkyl carbamates (subject to hydrolysis) is 1. The van der Waals surface area contributed by atoms with Crippen LogP contribution in [0.4, 0.5) is 4.79 Å². The molecule has 0 fully saturated rings. The molecular weight excluding hydrogens is 370 g/mol. The number of thioether (sulfide) groups is 2. The molecule has 0 saturated heterocycles. The highest BCUT2D eigenvalue weighted by molar-refractivity contribution is 7.98. The van der Waals surface area contributed by atoms with Crippen LogP contribution in [0.15, 0.2) is 40.0 Å². The van der Waals surface area contributed by atoms with Crippen molar-refractivity contribution in [3.05, 3.63) is 41.8 Å². The Bertz CT molecular complexity index is 686. The first-order valence-electron chi connectivity index (χ1n) is 8.36. The second-order valence-electron chi connectivity index (χ2n) is 6.66. The molecular formula is C18H25N3O3S2. The minimum Gasteiger partial charge on any atom is -0.444 e. The minimum atomic E-state index is -0.556. The summed E-state index contributed by atoms with van der Waals surface area (Å²) in [6, 6.07) is 9.72. The van der Waals surface area contributed by atoms with Gasteiger partial charge in [0.1, 0.15) is 11.6 Å². The molecule has 0 spiro atoms. The second-order valence-corrected chi connectivity index (χ2v) is 8.57. The van der Waals surface area contributed by atoms with Crippen molar-refractivity contribution in [1.29, 1.82) is 0 Å². The van der Waals surface area contributed by atoms with Crippen LogP contribution in [0.2, 0.25) is 0 Å². The summed E-state index contributed by atoms with van der Waals surface area (Å²) >= 11 is 3.17. The van der Waals surface area contributed by atoms with Gasteiger partial charge in [0.15, 0.2) is 0 Å². The zero-order valence-electron chi connectivity index (χ0n) is 15.5. The quantitative estimate of drug-likeness (QED) is 0.650. The van der Waals surface area contributed by atoms with Gasteiger partial charge in [0.05, 0.1) is 0 Å². The van der Waals surface area contributed by atoms with Gasteiger partial charge >= 0.3 is 6.09 Å². The van der Waals surface area contributed by atoms with Gasteiger partial charge in [0.2, 0.25) is 5.89 Å². The molecule has 2 aromatic rings. The predicted molar refractivity (Wildman–Crippen MR) is 105 cm³/mol. The monoisotopic (exact) mass is 395 g/mol.